The summed E-state index contributed by atoms with van der Waals surface area (Å²) < 4.78 is 0. The fourth-order valence-corrected chi connectivity index (χ4v) is 3.64. The predicted molar refractivity (Wildman–Crippen MR) is 76.9 cm³/mol. The maximum absolute atomic E-state index is 3.65. The molecule has 2 aliphatic rings. The number of hydrogen-bond donors (Lipinski definition) is 1. The molecule has 1 atom stereocenters. The summed E-state index contributed by atoms with van der Waals surface area (Å²) in [5, 5.41) is 3.65. The van der Waals surface area contributed by atoms with E-state index in [1.54, 1.807) is 11.1 Å². The number of nitrogens with one attached hydrogen (secondary N) is 1. The van der Waals surface area contributed by atoms with Gasteiger partial charge in [0.05, 0.1) is 0 Å². The van der Waals surface area contributed by atoms with Crippen molar-refractivity contribution in [3.63, 3.8) is 0 Å². The first-order valence-corrected chi connectivity index (χ1v) is 7.72. The standard InChI is InChI=1S/C17H25N/c1-2-7-14(6-1)8-5-11-18-13-16-12-15-9-3-4-10-17(15)16/h3-4,9-10,14,16,18H,1-2,5-8,11-13H2. The average Bonchev–Trinajstić information content (AvgIpc) is 2.87. The lowest BCUT2D eigenvalue weighted by molar-refractivity contribution is 0.458. The van der Waals surface area contributed by atoms with Crippen molar-refractivity contribution >= 4 is 0 Å². The maximum atomic E-state index is 3.65. The first kappa shape index (κ1) is 12.2. The molecule has 1 fully saturated rings. The van der Waals surface area contributed by atoms with E-state index in [9.17, 15) is 0 Å². The molecule has 0 aromatic heterocycles. The quantitative estimate of drug-likeness (QED) is 0.748. The van der Waals surface area contributed by atoms with E-state index in [4.69, 9.17) is 0 Å². The molecule has 0 radical (unpaired) electrons. The van der Waals surface area contributed by atoms with E-state index < -0.39 is 0 Å². The Bertz CT molecular complexity index is 379. The molecule has 0 amide bonds. The molecule has 98 valence electrons. The van der Waals surface area contributed by atoms with Gasteiger partial charge in [0.1, 0.15) is 0 Å². The highest BCUT2D eigenvalue weighted by atomic mass is 14.9. The lowest BCUT2D eigenvalue weighted by Gasteiger charge is -2.30. The Morgan fingerprint density at radius 3 is 2.78 bits per heavy atom. The summed E-state index contributed by atoms with van der Waals surface area (Å²) in [6.45, 7) is 2.40. The Labute approximate surface area is 111 Å². The summed E-state index contributed by atoms with van der Waals surface area (Å²) in [5.74, 6) is 1.84. The number of fused-ring (bicyclic) bond motifs is 1. The van der Waals surface area contributed by atoms with E-state index in [0.717, 1.165) is 11.8 Å². The van der Waals surface area contributed by atoms with Gasteiger partial charge in [-0.05, 0) is 42.9 Å². The first-order valence-electron chi connectivity index (χ1n) is 7.72. The van der Waals surface area contributed by atoms with E-state index in [1.165, 1.54) is 58.0 Å². The van der Waals surface area contributed by atoms with Crippen LogP contribution in [0.5, 0.6) is 0 Å². The summed E-state index contributed by atoms with van der Waals surface area (Å²) in [4.78, 5) is 0. The van der Waals surface area contributed by atoms with Gasteiger partial charge in [-0.3, -0.25) is 0 Å². The predicted octanol–water partition coefficient (Wildman–Crippen LogP) is 3.89. The van der Waals surface area contributed by atoms with Gasteiger partial charge in [0, 0.05) is 12.5 Å². The highest BCUT2D eigenvalue weighted by molar-refractivity contribution is 5.40. The van der Waals surface area contributed by atoms with Gasteiger partial charge in [0.2, 0.25) is 0 Å². The van der Waals surface area contributed by atoms with E-state index in [0.29, 0.717) is 0 Å². The van der Waals surface area contributed by atoms with Crippen LogP contribution in [-0.2, 0) is 6.42 Å². The van der Waals surface area contributed by atoms with Gasteiger partial charge < -0.3 is 5.32 Å². The molecule has 1 aromatic carbocycles. The van der Waals surface area contributed by atoms with E-state index in [-0.39, 0.29) is 0 Å². The molecule has 0 spiro atoms. The average molecular weight is 243 g/mol. The van der Waals surface area contributed by atoms with Crippen molar-refractivity contribution in [3.05, 3.63) is 35.4 Å². The summed E-state index contributed by atoms with van der Waals surface area (Å²) in [5.41, 5.74) is 3.15. The van der Waals surface area contributed by atoms with Crippen LogP contribution in [0, 0.1) is 5.92 Å². The molecule has 1 unspecified atom stereocenters. The van der Waals surface area contributed by atoms with Gasteiger partial charge in [-0.15, -0.1) is 0 Å². The topological polar surface area (TPSA) is 12.0 Å². The van der Waals surface area contributed by atoms with Gasteiger partial charge in [-0.25, -0.2) is 0 Å². The summed E-state index contributed by atoms with van der Waals surface area (Å²) in [6, 6.07) is 8.89. The van der Waals surface area contributed by atoms with Gasteiger partial charge >= 0.3 is 0 Å². The van der Waals surface area contributed by atoms with E-state index >= 15 is 0 Å². The van der Waals surface area contributed by atoms with Gasteiger partial charge in [0.15, 0.2) is 0 Å². The Hall–Kier alpha value is -0.820. The van der Waals surface area contributed by atoms with Crippen LogP contribution < -0.4 is 5.32 Å². The Morgan fingerprint density at radius 1 is 1.11 bits per heavy atom. The van der Waals surface area contributed by atoms with E-state index in [2.05, 4.69) is 29.6 Å². The molecule has 1 nitrogen and oxygen atoms in total. The van der Waals surface area contributed by atoms with Crippen LogP contribution in [0.1, 0.15) is 55.6 Å². The number of hydrogen-bond acceptors (Lipinski definition) is 1. The van der Waals surface area contributed by atoms with Crippen LogP contribution in [0.3, 0.4) is 0 Å². The SMILES string of the molecule is c1ccc2c(c1)CC2CNCCCC1CCCC1. The monoisotopic (exact) mass is 243 g/mol. The molecule has 1 aromatic rings. The molecule has 1 saturated carbocycles. The minimum atomic E-state index is 0.785. The molecule has 18 heavy (non-hydrogen) atoms. The Balaban J connectivity index is 1.30. The van der Waals surface area contributed by atoms with Crippen molar-refractivity contribution in [1.82, 2.24) is 5.32 Å². The van der Waals surface area contributed by atoms with Crippen LogP contribution in [0.4, 0.5) is 0 Å². The fourth-order valence-electron chi connectivity index (χ4n) is 3.64. The van der Waals surface area contributed by atoms with Gasteiger partial charge in [0.25, 0.3) is 0 Å². The molecular formula is C17H25N. The summed E-state index contributed by atoms with van der Waals surface area (Å²) in [7, 11) is 0. The van der Waals surface area contributed by atoms with Crippen LogP contribution in [0.2, 0.25) is 0 Å². The second-order valence-corrected chi connectivity index (χ2v) is 6.10. The van der Waals surface area contributed by atoms with Crippen molar-refractivity contribution < 1.29 is 0 Å². The van der Waals surface area contributed by atoms with Gasteiger partial charge in [-0.1, -0.05) is 49.9 Å². The highest BCUT2D eigenvalue weighted by Gasteiger charge is 2.24. The molecule has 0 aliphatic heterocycles. The van der Waals surface area contributed by atoms with Crippen molar-refractivity contribution in [2.45, 2.75) is 50.9 Å². The second-order valence-electron chi connectivity index (χ2n) is 6.10. The van der Waals surface area contributed by atoms with Crippen LogP contribution in [0.25, 0.3) is 0 Å². The minimum absolute atomic E-state index is 0.785. The molecule has 1 heteroatoms. The molecule has 0 bridgehead atoms. The van der Waals surface area contributed by atoms with Crippen molar-refractivity contribution in [2.75, 3.05) is 13.1 Å². The lowest BCUT2D eigenvalue weighted by atomic mass is 9.77. The number of benzene rings is 1. The maximum Gasteiger partial charge on any atom is 0.00234 e. The molecule has 1 N–H and O–H groups in total. The molecular weight excluding hydrogens is 218 g/mol. The molecule has 3 rings (SSSR count). The smallest absolute Gasteiger partial charge is 0.00234 e. The van der Waals surface area contributed by atoms with Crippen LogP contribution in [0.15, 0.2) is 24.3 Å². The second kappa shape index (κ2) is 5.88. The zero-order valence-electron chi connectivity index (χ0n) is 11.3. The third kappa shape index (κ3) is 2.77. The van der Waals surface area contributed by atoms with Crippen molar-refractivity contribution in [3.8, 4) is 0 Å². The third-order valence-electron chi connectivity index (χ3n) is 4.79. The fraction of sp³-hybridized carbons (Fsp3) is 0.647. The zero-order chi connectivity index (χ0) is 12.2. The molecule has 2 aliphatic carbocycles. The summed E-state index contributed by atoms with van der Waals surface area (Å²) >= 11 is 0. The van der Waals surface area contributed by atoms with E-state index in [1.807, 2.05) is 0 Å². The number of rotatable bonds is 6. The van der Waals surface area contributed by atoms with Crippen LogP contribution >= 0.6 is 0 Å². The van der Waals surface area contributed by atoms with Crippen LogP contribution in [-0.4, -0.2) is 13.1 Å². The largest absolute Gasteiger partial charge is 0.316 e. The van der Waals surface area contributed by atoms with Crippen molar-refractivity contribution in [1.29, 1.82) is 0 Å². The van der Waals surface area contributed by atoms with Gasteiger partial charge in [-0.2, -0.15) is 0 Å². The Morgan fingerprint density at radius 2 is 1.94 bits per heavy atom. The first-order chi connectivity index (χ1) is 8.93. The summed E-state index contributed by atoms with van der Waals surface area (Å²) in [6.07, 6.45) is 10.1. The highest BCUT2D eigenvalue weighted by Crippen LogP contribution is 2.34. The molecule has 0 heterocycles. The Kier molecular flexibility index (Phi) is 3.99. The normalized spacial score (nSPS) is 22.8. The van der Waals surface area contributed by atoms with Crippen molar-refractivity contribution in [2.24, 2.45) is 5.92 Å². The zero-order valence-corrected chi connectivity index (χ0v) is 11.3. The third-order valence-corrected chi connectivity index (χ3v) is 4.79. The lowest BCUT2D eigenvalue weighted by Crippen LogP contribution is -2.29. The minimum Gasteiger partial charge on any atom is -0.316 e. The molecule has 0 saturated heterocycles.